The lowest BCUT2D eigenvalue weighted by Gasteiger charge is -2.32. The first kappa shape index (κ1) is 15.3. The molecule has 1 saturated heterocycles. The van der Waals surface area contributed by atoms with Crippen molar-refractivity contribution in [2.24, 2.45) is 0 Å². The Morgan fingerprint density at radius 1 is 1.30 bits per heavy atom. The first-order chi connectivity index (χ1) is 11.2. The number of piperidine rings is 1. The van der Waals surface area contributed by atoms with E-state index in [2.05, 4.69) is 26.3 Å². The van der Waals surface area contributed by atoms with E-state index in [1.807, 2.05) is 31.2 Å². The number of aromatic nitrogens is 2. The topological polar surface area (TPSA) is 85.1 Å². The third-order valence-corrected chi connectivity index (χ3v) is 3.97. The molecule has 1 aromatic heterocycles. The number of hydrogen-bond donors (Lipinski definition) is 2. The fraction of sp³-hybridized carbons (Fsp3) is 0.353. The summed E-state index contributed by atoms with van der Waals surface area (Å²) < 4.78 is 0. The highest BCUT2D eigenvalue weighted by Crippen LogP contribution is 2.27. The van der Waals surface area contributed by atoms with Crippen LogP contribution < -0.4 is 10.2 Å². The van der Waals surface area contributed by atoms with Crippen LogP contribution in [0.3, 0.4) is 0 Å². The first-order valence-corrected chi connectivity index (χ1v) is 7.69. The van der Waals surface area contributed by atoms with Crippen molar-refractivity contribution in [3.8, 4) is 6.07 Å². The molecule has 118 valence electrons. The largest absolute Gasteiger partial charge is 0.393 e. The minimum Gasteiger partial charge on any atom is -0.393 e. The second-order valence-electron chi connectivity index (χ2n) is 5.71. The van der Waals surface area contributed by atoms with Crippen molar-refractivity contribution in [3.05, 3.63) is 41.7 Å². The summed E-state index contributed by atoms with van der Waals surface area (Å²) >= 11 is 0. The van der Waals surface area contributed by atoms with Crippen LogP contribution in [-0.4, -0.2) is 34.3 Å². The highest BCUT2D eigenvalue weighted by Gasteiger charge is 2.19. The highest BCUT2D eigenvalue weighted by molar-refractivity contribution is 5.67. The van der Waals surface area contributed by atoms with Crippen molar-refractivity contribution >= 4 is 17.3 Å². The predicted molar refractivity (Wildman–Crippen MR) is 88.7 cm³/mol. The third kappa shape index (κ3) is 3.58. The van der Waals surface area contributed by atoms with Crippen LogP contribution in [0.2, 0.25) is 0 Å². The van der Waals surface area contributed by atoms with Crippen molar-refractivity contribution in [1.82, 2.24) is 9.97 Å². The van der Waals surface area contributed by atoms with Gasteiger partial charge in [0.15, 0.2) is 0 Å². The lowest BCUT2D eigenvalue weighted by atomic mass is 10.1. The van der Waals surface area contributed by atoms with Crippen LogP contribution in [0.25, 0.3) is 0 Å². The van der Waals surface area contributed by atoms with Gasteiger partial charge in [-0.05, 0) is 44.0 Å². The van der Waals surface area contributed by atoms with E-state index in [4.69, 9.17) is 0 Å². The summed E-state index contributed by atoms with van der Waals surface area (Å²) in [5.41, 5.74) is 3.19. The molecule has 0 spiro atoms. The predicted octanol–water partition coefficient (Wildman–Crippen LogP) is 2.36. The molecule has 0 unspecified atom stereocenters. The van der Waals surface area contributed by atoms with Gasteiger partial charge in [-0.3, -0.25) is 0 Å². The number of nitrogens with one attached hydrogen (secondary N) is 1. The Balaban J connectivity index is 1.81. The number of aliphatic hydroxyl groups excluding tert-OH is 1. The smallest absolute Gasteiger partial charge is 0.227 e. The van der Waals surface area contributed by atoms with E-state index in [9.17, 15) is 10.4 Å². The van der Waals surface area contributed by atoms with E-state index < -0.39 is 0 Å². The van der Waals surface area contributed by atoms with Crippen LogP contribution in [0, 0.1) is 18.3 Å². The van der Waals surface area contributed by atoms with Gasteiger partial charge in [0.2, 0.25) is 5.95 Å². The molecule has 0 radical (unpaired) electrons. The number of benzene rings is 1. The average Bonchev–Trinajstić information content (AvgIpc) is 2.56. The summed E-state index contributed by atoms with van der Waals surface area (Å²) in [6.07, 6.45) is 2.95. The molecule has 6 heteroatoms. The summed E-state index contributed by atoms with van der Waals surface area (Å²) in [5, 5.41) is 22.2. The van der Waals surface area contributed by atoms with E-state index in [0.29, 0.717) is 11.5 Å². The molecule has 2 N–H and O–H groups in total. The molecular formula is C17H19N5O. The summed E-state index contributed by atoms with van der Waals surface area (Å²) in [6, 6.07) is 9.76. The van der Waals surface area contributed by atoms with Crippen LogP contribution in [-0.2, 0) is 0 Å². The van der Waals surface area contributed by atoms with Gasteiger partial charge in [-0.2, -0.15) is 5.26 Å². The van der Waals surface area contributed by atoms with E-state index in [-0.39, 0.29) is 6.10 Å². The molecule has 23 heavy (non-hydrogen) atoms. The number of rotatable bonds is 3. The van der Waals surface area contributed by atoms with Crippen molar-refractivity contribution in [2.45, 2.75) is 25.9 Å². The van der Waals surface area contributed by atoms with Crippen molar-refractivity contribution in [1.29, 1.82) is 5.26 Å². The van der Waals surface area contributed by atoms with Crippen molar-refractivity contribution in [3.63, 3.8) is 0 Å². The number of nitrogens with zero attached hydrogens (tertiary/aromatic N) is 4. The minimum atomic E-state index is -0.226. The number of anilines is 3. The third-order valence-electron chi connectivity index (χ3n) is 3.97. The van der Waals surface area contributed by atoms with Crippen LogP contribution >= 0.6 is 0 Å². The second-order valence-corrected chi connectivity index (χ2v) is 5.71. The Bertz CT molecular complexity index is 732. The van der Waals surface area contributed by atoms with Crippen LogP contribution in [0.4, 0.5) is 17.3 Å². The fourth-order valence-electron chi connectivity index (χ4n) is 2.72. The Morgan fingerprint density at radius 3 is 2.78 bits per heavy atom. The summed E-state index contributed by atoms with van der Waals surface area (Å²) in [5.74, 6) is 0.516. The zero-order chi connectivity index (χ0) is 16.2. The Hall–Kier alpha value is -2.65. The minimum absolute atomic E-state index is 0.226. The Labute approximate surface area is 135 Å². The van der Waals surface area contributed by atoms with Crippen molar-refractivity contribution in [2.75, 3.05) is 23.3 Å². The maximum atomic E-state index is 9.62. The van der Waals surface area contributed by atoms with Gasteiger partial charge in [0.25, 0.3) is 0 Å². The zero-order valence-electron chi connectivity index (χ0n) is 13.0. The standard InChI is InChI=1S/C17H19N5O/c1-12-4-7-19-17(20-12)21-14-2-3-16(13(10-14)11-18)22-8-5-15(23)6-9-22/h2-4,7,10,15,23H,5-6,8-9H2,1H3,(H,19,20,21). The number of nitriles is 1. The van der Waals surface area contributed by atoms with Gasteiger partial charge in [0, 0.05) is 30.7 Å². The maximum absolute atomic E-state index is 9.62. The van der Waals surface area contributed by atoms with E-state index >= 15 is 0 Å². The van der Waals surface area contributed by atoms with Gasteiger partial charge < -0.3 is 15.3 Å². The molecule has 2 aromatic rings. The molecule has 0 amide bonds. The summed E-state index contributed by atoms with van der Waals surface area (Å²) in [6.45, 7) is 3.44. The monoisotopic (exact) mass is 309 g/mol. The average molecular weight is 309 g/mol. The molecule has 0 bridgehead atoms. The SMILES string of the molecule is Cc1ccnc(Nc2ccc(N3CCC(O)CC3)c(C#N)c2)n1. The van der Waals surface area contributed by atoms with E-state index in [0.717, 1.165) is 43.0 Å². The maximum Gasteiger partial charge on any atom is 0.227 e. The molecule has 3 rings (SSSR count). The number of hydrogen-bond acceptors (Lipinski definition) is 6. The van der Waals surface area contributed by atoms with Gasteiger partial charge in [-0.15, -0.1) is 0 Å². The zero-order valence-corrected chi connectivity index (χ0v) is 13.0. The van der Waals surface area contributed by atoms with Crippen LogP contribution in [0.1, 0.15) is 24.1 Å². The van der Waals surface area contributed by atoms with Gasteiger partial charge in [0.1, 0.15) is 6.07 Å². The molecule has 0 saturated carbocycles. The molecule has 0 aliphatic carbocycles. The van der Waals surface area contributed by atoms with Gasteiger partial charge in [-0.1, -0.05) is 0 Å². The normalized spacial score (nSPS) is 15.3. The number of aryl methyl sites for hydroxylation is 1. The first-order valence-electron chi connectivity index (χ1n) is 7.69. The lowest BCUT2D eigenvalue weighted by molar-refractivity contribution is 0.145. The second kappa shape index (κ2) is 6.63. The van der Waals surface area contributed by atoms with Crippen LogP contribution in [0.15, 0.2) is 30.5 Å². The van der Waals surface area contributed by atoms with Crippen LogP contribution in [0.5, 0.6) is 0 Å². The molecule has 0 atom stereocenters. The number of aliphatic hydroxyl groups is 1. The summed E-state index contributed by atoms with van der Waals surface area (Å²) in [7, 11) is 0. The van der Waals surface area contributed by atoms with E-state index in [1.165, 1.54) is 0 Å². The molecule has 1 aromatic carbocycles. The van der Waals surface area contributed by atoms with Gasteiger partial charge >= 0.3 is 0 Å². The Kier molecular flexibility index (Phi) is 4.40. The highest BCUT2D eigenvalue weighted by atomic mass is 16.3. The molecule has 1 aliphatic heterocycles. The van der Waals surface area contributed by atoms with Gasteiger partial charge in [-0.25, -0.2) is 9.97 Å². The summed E-state index contributed by atoms with van der Waals surface area (Å²) in [4.78, 5) is 10.6. The quantitative estimate of drug-likeness (QED) is 0.905. The fourth-order valence-corrected chi connectivity index (χ4v) is 2.72. The molecular weight excluding hydrogens is 290 g/mol. The van der Waals surface area contributed by atoms with E-state index in [1.54, 1.807) is 6.20 Å². The Morgan fingerprint density at radius 2 is 2.09 bits per heavy atom. The lowest BCUT2D eigenvalue weighted by Crippen LogP contribution is -2.36. The van der Waals surface area contributed by atoms with Crippen molar-refractivity contribution < 1.29 is 5.11 Å². The van der Waals surface area contributed by atoms with Gasteiger partial charge in [0.05, 0.1) is 17.4 Å². The molecule has 2 heterocycles. The molecule has 1 fully saturated rings. The molecule has 6 nitrogen and oxygen atoms in total. The molecule has 1 aliphatic rings.